The fourth-order valence-corrected chi connectivity index (χ4v) is 2.31. The van der Waals surface area contributed by atoms with Crippen LogP contribution in [-0.4, -0.2) is 14.8 Å². The SMILES string of the molecule is Brc1ccccc1-c1cnn(-c2ccncc2)c1. The average Bonchev–Trinajstić information content (AvgIpc) is 2.90. The molecule has 0 radical (unpaired) electrons. The molecule has 3 nitrogen and oxygen atoms in total. The molecule has 0 atom stereocenters. The highest BCUT2D eigenvalue weighted by molar-refractivity contribution is 9.10. The third kappa shape index (κ3) is 2.07. The fraction of sp³-hybridized carbons (Fsp3) is 0. The lowest BCUT2D eigenvalue weighted by Gasteiger charge is -2.01. The van der Waals surface area contributed by atoms with Crippen LogP contribution in [0.2, 0.25) is 0 Å². The summed E-state index contributed by atoms with van der Waals surface area (Å²) in [6.07, 6.45) is 7.39. The number of pyridine rings is 1. The van der Waals surface area contributed by atoms with E-state index in [9.17, 15) is 0 Å². The van der Waals surface area contributed by atoms with Crippen molar-refractivity contribution in [2.24, 2.45) is 0 Å². The van der Waals surface area contributed by atoms with Gasteiger partial charge >= 0.3 is 0 Å². The molecule has 0 fully saturated rings. The molecule has 2 heterocycles. The van der Waals surface area contributed by atoms with Gasteiger partial charge in [0.25, 0.3) is 0 Å². The second kappa shape index (κ2) is 4.74. The third-order valence-electron chi connectivity index (χ3n) is 2.69. The number of hydrogen-bond donors (Lipinski definition) is 0. The molecule has 2 aromatic heterocycles. The van der Waals surface area contributed by atoms with Gasteiger partial charge in [0.05, 0.1) is 11.9 Å². The molecule has 3 rings (SSSR count). The molecule has 4 heteroatoms. The van der Waals surface area contributed by atoms with Gasteiger partial charge in [-0.05, 0) is 23.8 Å². The van der Waals surface area contributed by atoms with Crippen molar-refractivity contribution in [3.63, 3.8) is 0 Å². The van der Waals surface area contributed by atoms with E-state index in [1.807, 2.05) is 47.4 Å². The highest BCUT2D eigenvalue weighted by Gasteiger charge is 2.05. The molecule has 0 aliphatic carbocycles. The van der Waals surface area contributed by atoms with Gasteiger partial charge in [0, 0.05) is 28.6 Å². The zero-order valence-corrected chi connectivity index (χ0v) is 11.1. The Labute approximate surface area is 113 Å². The van der Waals surface area contributed by atoms with Crippen LogP contribution in [-0.2, 0) is 0 Å². The van der Waals surface area contributed by atoms with Crippen molar-refractivity contribution in [3.05, 3.63) is 65.7 Å². The first-order chi connectivity index (χ1) is 8.84. The standard InChI is InChI=1S/C14H10BrN3/c15-14-4-2-1-3-13(14)11-9-17-18(10-11)12-5-7-16-8-6-12/h1-10H. The molecule has 0 saturated carbocycles. The monoisotopic (exact) mass is 299 g/mol. The molecule has 0 saturated heterocycles. The first kappa shape index (κ1) is 11.2. The maximum atomic E-state index is 4.37. The molecular weight excluding hydrogens is 290 g/mol. The number of halogens is 1. The van der Waals surface area contributed by atoms with Crippen LogP contribution in [0.15, 0.2) is 65.7 Å². The van der Waals surface area contributed by atoms with E-state index in [4.69, 9.17) is 0 Å². The van der Waals surface area contributed by atoms with Crippen LogP contribution in [0.25, 0.3) is 16.8 Å². The Kier molecular flexibility index (Phi) is 2.94. The Balaban J connectivity index is 2.03. The van der Waals surface area contributed by atoms with E-state index < -0.39 is 0 Å². The second-order valence-electron chi connectivity index (χ2n) is 3.86. The Morgan fingerprint density at radius 1 is 1.00 bits per heavy atom. The fourth-order valence-electron chi connectivity index (χ4n) is 1.80. The van der Waals surface area contributed by atoms with Gasteiger partial charge in [0.15, 0.2) is 0 Å². The van der Waals surface area contributed by atoms with Crippen molar-refractivity contribution in [1.82, 2.24) is 14.8 Å². The first-order valence-corrected chi connectivity index (χ1v) is 6.34. The summed E-state index contributed by atoms with van der Waals surface area (Å²) in [6.45, 7) is 0. The van der Waals surface area contributed by atoms with E-state index in [1.54, 1.807) is 12.4 Å². The molecule has 88 valence electrons. The summed E-state index contributed by atoms with van der Waals surface area (Å²) in [5.74, 6) is 0. The van der Waals surface area contributed by atoms with E-state index in [-0.39, 0.29) is 0 Å². The van der Waals surface area contributed by atoms with E-state index in [2.05, 4.69) is 32.1 Å². The molecule has 0 unspecified atom stereocenters. The van der Waals surface area contributed by atoms with E-state index in [1.165, 1.54) is 0 Å². The van der Waals surface area contributed by atoms with Crippen LogP contribution in [0, 0.1) is 0 Å². The topological polar surface area (TPSA) is 30.7 Å². The Bertz CT molecular complexity index is 662. The van der Waals surface area contributed by atoms with Gasteiger partial charge in [-0.15, -0.1) is 0 Å². The summed E-state index contributed by atoms with van der Waals surface area (Å²) < 4.78 is 2.91. The smallest absolute Gasteiger partial charge is 0.0676 e. The highest BCUT2D eigenvalue weighted by atomic mass is 79.9. The van der Waals surface area contributed by atoms with Crippen molar-refractivity contribution in [3.8, 4) is 16.8 Å². The number of rotatable bonds is 2. The molecule has 1 aromatic carbocycles. The summed E-state index contributed by atoms with van der Waals surface area (Å²) in [6, 6.07) is 12.0. The number of hydrogen-bond acceptors (Lipinski definition) is 2. The van der Waals surface area contributed by atoms with E-state index in [0.29, 0.717) is 0 Å². The zero-order chi connectivity index (χ0) is 12.4. The molecule has 0 aliphatic heterocycles. The van der Waals surface area contributed by atoms with Gasteiger partial charge in [0.1, 0.15) is 0 Å². The van der Waals surface area contributed by atoms with Crippen LogP contribution in [0.5, 0.6) is 0 Å². The second-order valence-corrected chi connectivity index (χ2v) is 4.71. The molecule has 18 heavy (non-hydrogen) atoms. The molecular formula is C14H10BrN3. The Morgan fingerprint density at radius 2 is 1.78 bits per heavy atom. The van der Waals surface area contributed by atoms with Crippen molar-refractivity contribution < 1.29 is 0 Å². The van der Waals surface area contributed by atoms with Gasteiger partial charge < -0.3 is 0 Å². The van der Waals surface area contributed by atoms with Crippen LogP contribution >= 0.6 is 15.9 Å². The lowest BCUT2D eigenvalue weighted by molar-refractivity contribution is 0.878. The average molecular weight is 300 g/mol. The van der Waals surface area contributed by atoms with Crippen molar-refractivity contribution >= 4 is 15.9 Å². The molecule has 3 aromatic rings. The minimum atomic E-state index is 1.00. The maximum absolute atomic E-state index is 4.37. The van der Waals surface area contributed by atoms with Gasteiger partial charge in [-0.1, -0.05) is 34.1 Å². The van der Waals surface area contributed by atoms with Crippen LogP contribution < -0.4 is 0 Å². The normalized spacial score (nSPS) is 10.5. The largest absolute Gasteiger partial charge is 0.265 e. The molecule has 0 N–H and O–H groups in total. The van der Waals surface area contributed by atoms with E-state index >= 15 is 0 Å². The molecule has 0 bridgehead atoms. The van der Waals surface area contributed by atoms with Gasteiger partial charge in [-0.3, -0.25) is 4.98 Å². The Hall–Kier alpha value is -1.94. The van der Waals surface area contributed by atoms with Crippen molar-refractivity contribution in [2.45, 2.75) is 0 Å². The summed E-state index contributed by atoms with van der Waals surface area (Å²) in [5, 5.41) is 4.37. The third-order valence-corrected chi connectivity index (χ3v) is 3.39. The molecule has 0 aliphatic rings. The lowest BCUT2D eigenvalue weighted by atomic mass is 10.1. The summed E-state index contributed by atoms with van der Waals surface area (Å²) in [5.41, 5.74) is 3.22. The molecule has 0 spiro atoms. The number of nitrogens with zero attached hydrogens (tertiary/aromatic N) is 3. The van der Waals surface area contributed by atoms with Crippen molar-refractivity contribution in [2.75, 3.05) is 0 Å². The highest BCUT2D eigenvalue weighted by Crippen LogP contribution is 2.27. The van der Waals surface area contributed by atoms with Gasteiger partial charge in [0.2, 0.25) is 0 Å². The lowest BCUT2D eigenvalue weighted by Crippen LogP contribution is -1.93. The van der Waals surface area contributed by atoms with Crippen molar-refractivity contribution in [1.29, 1.82) is 0 Å². The minimum absolute atomic E-state index is 1.00. The first-order valence-electron chi connectivity index (χ1n) is 5.54. The summed E-state index contributed by atoms with van der Waals surface area (Å²) in [4.78, 5) is 4.00. The maximum Gasteiger partial charge on any atom is 0.0676 e. The summed E-state index contributed by atoms with van der Waals surface area (Å²) >= 11 is 3.55. The molecule has 0 amide bonds. The minimum Gasteiger partial charge on any atom is -0.265 e. The zero-order valence-electron chi connectivity index (χ0n) is 9.49. The van der Waals surface area contributed by atoms with Gasteiger partial charge in [-0.25, -0.2) is 4.68 Å². The predicted octanol–water partition coefficient (Wildman–Crippen LogP) is 3.70. The van der Waals surface area contributed by atoms with Gasteiger partial charge in [-0.2, -0.15) is 5.10 Å². The Morgan fingerprint density at radius 3 is 2.56 bits per heavy atom. The van der Waals surface area contributed by atoms with Crippen LogP contribution in [0.3, 0.4) is 0 Å². The summed E-state index contributed by atoms with van der Waals surface area (Å²) in [7, 11) is 0. The number of aromatic nitrogens is 3. The quantitative estimate of drug-likeness (QED) is 0.722. The number of benzene rings is 1. The van der Waals surface area contributed by atoms with Crippen LogP contribution in [0.4, 0.5) is 0 Å². The predicted molar refractivity (Wildman–Crippen MR) is 74.5 cm³/mol. The van der Waals surface area contributed by atoms with Crippen LogP contribution in [0.1, 0.15) is 0 Å². The van der Waals surface area contributed by atoms with E-state index in [0.717, 1.165) is 21.3 Å².